The molecule has 4 nitrogen and oxygen atoms in total. The van der Waals surface area contributed by atoms with Crippen molar-refractivity contribution in [2.45, 2.75) is 71.6 Å². The maximum atomic E-state index is 11.3. The first-order valence-electron chi connectivity index (χ1n) is 7.52. The smallest absolute Gasteiger partial charge is 0.305 e. The zero-order chi connectivity index (χ0) is 14.3. The summed E-state index contributed by atoms with van der Waals surface area (Å²) in [5.41, 5.74) is 0. The summed E-state index contributed by atoms with van der Waals surface area (Å²) in [6.45, 7) is 5.17. The first-order chi connectivity index (χ1) is 9.20. The lowest BCUT2D eigenvalue weighted by atomic mass is 10.2. The summed E-state index contributed by atoms with van der Waals surface area (Å²) in [7, 11) is 0. The molecular weight excluding hydrogens is 244 g/mol. The van der Waals surface area contributed by atoms with Gasteiger partial charge in [-0.25, -0.2) is 0 Å². The molecular formula is C15H28O4. The normalized spacial score (nSPS) is 10.2. The molecule has 0 unspecified atom stereocenters. The third kappa shape index (κ3) is 13.2. The molecule has 0 aromatic heterocycles. The van der Waals surface area contributed by atoms with Crippen LogP contribution in [0.2, 0.25) is 0 Å². The molecule has 0 N–H and O–H groups in total. The third-order valence-electron chi connectivity index (χ3n) is 2.78. The minimum absolute atomic E-state index is 0.210. The van der Waals surface area contributed by atoms with Gasteiger partial charge in [0.2, 0.25) is 0 Å². The van der Waals surface area contributed by atoms with E-state index in [0.29, 0.717) is 32.5 Å². The molecule has 0 aromatic carbocycles. The summed E-state index contributed by atoms with van der Waals surface area (Å²) in [6.07, 6.45) is 7.41. The van der Waals surface area contributed by atoms with Gasteiger partial charge in [-0.3, -0.25) is 9.59 Å². The van der Waals surface area contributed by atoms with Crippen molar-refractivity contribution in [2.75, 3.05) is 13.2 Å². The molecule has 0 saturated heterocycles. The minimum Gasteiger partial charge on any atom is -0.466 e. The second kappa shape index (κ2) is 13.4. The standard InChI is InChI=1S/C15H28O4/c1-3-5-7-8-13-19-15(17)11-9-10-14(16)18-12-6-4-2/h3-13H2,1-2H3. The molecule has 19 heavy (non-hydrogen) atoms. The Bertz CT molecular complexity index is 238. The van der Waals surface area contributed by atoms with E-state index in [1.54, 1.807) is 0 Å². The van der Waals surface area contributed by atoms with Crippen LogP contribution in [0.1, 0.15) is 71.6 Å². The average Bonchev–Trinajstić information content (AvgIpc) is 2.39. The maximum Gasteiger partial charge on any atom is 0.305 e. The van der Waals surface area contributed by atoms with Crippen LogP contribution in [-0.4, -0.2) is 25.2 Å². The Morgan fingerprint density at radius 3 is 1.74 bits per heavy atom. The zero-order valence-electron chi connectivity index (χ0n) is 12.4. The van der Waals surface area contributed by atoms with Crippen LogP contribution in [0, 0.1) is 0 Å². The van der Waals surface area contributed by atoms with E-state index >= 15 is 0 Å². The number of ether oxygens (including phenoxy) is 2. The maximum absolute atomic E-state index is 11.3. The van der Waals surface area contributed by atoms with Crippen molar-refractivity contribution in [1.29, 1.82) is 0 Å². The van der Waals surface area contributed by atoms with Crippen LogP contribution in [0.4, 0.5) is 0 Å². The molecule has 0 amide bonds. The van der Waals surface area contributed by atoms with E-state index in [-0.39, 0.29) is 11.9 Å². The quantitative estimate of drug-likeness (QED) is 0.402. The van der Waals surface area contributed by atoms with Gasteiger partial charge in [0.1, 0.15) is 0 Å². The fraction of sp³-hybridized carbons (Fsp3) is 0.867. The van der Waals surface area contributed by atoms with Gasteiger partial charge in [0.15, 0.2) is 0 Å². The van der Waals surface area contributed by atoms with Crippen LogP contribution in [0.3, 0.4) is 0 Å². The van der Waals surface area contributed by atoms with Crippen molar-refractivity contribution >= 4 is 11.9 Å². The second-order valence-electron chi connectivity index (χ2n) is 4.71. The van der Waals surface area contributed by atoms with Gasteiger partial charge in [-0.15, -0.1) is 0 Å². The molecule has 0 aliphatic rings. The number of rotatable bonds is 12. The zero-order valence-corrected chi connectivity index (χ0v) is 12.4. The molecule has 0 rings (SSSR count). The van der Waals surface area contributed by atoms with E-state index in [9.17, 15) is 9.59 Å². The minimum atomic E-state index is -0.218. The highest BCUT2D eigenvalue weighted by atomic mass is 16.5. The van der Waals surface area contributed by atoms with E-state index in [4.69, 9.17) is 9.47 Å². The van der Waals surface area contributed by atoms with Gasteiger partial charge in [-0.2, -0.15) is 0 Å². The fourth-order valence-electron chi connectivity index (χ4n) is 1.57. The van der Waals surface area contributed by atoms with Crippen LogP contribution in [0.25, 0.3) is 0 Å². The van der Waals surface area contributed by atoms with Crippen molar-refractivity contribution in [2.24, 2.45) is 0 Å². The van der Waals surface area contributed by atoms with Gasteiger partial charge in [0.05, 0.1) is 13.2 Å². The summed E-state index contributed by atoms with van der Waals surface area (Å²) in [5, 5.41) is 0. The predicted molar refractivity (Wildman–Crippen MR) is 74.8 cm³/mol. The monoisotopic (exact) mass is 272 g/mol. The summed E-state index contributed by atoms with van der Waals surface area (Å²) in [4.78, 5) is 22.6. The van der Waals surface area contributed by atoms with Gasteiger partial charge >= 0.3 is 11.9 Å². The SMILES string of the molecule is CCCCCCOC(=O)CCCC(=O)OCCCC. The van der Waals surface area contributed by atoms with Gasteiger partial charge < -0.3 is 9.47 Å². The number of carbonyl (C=O) groups excluding carboxylic acids is 2. The topological polar surface area (TPSA) is 52.6 Å². The molecule has 0 atom stereocenters. The molecule has 0 aliphatic carbocycles. The van der Waals surface area contributed by atoms with Gasteiger partial charge in [-0.1, -0.05) is 39.5 Å². The number of esters is 2. The van der Waals surface area contributed by atoms with Gasteiger partial charge in [0, 0.05) is 12.8 Å². The Balaban J connectivity index is 3.34. The Morgan fingerprint density at radius 1 is 0.684 bits per heavy atom. The molecule has 0 fully saturated rings. The van der Waals surface area contributed by atoms with Gasteiger partial charge in [0.25, 0.3) is 0 Å². The van der Waals surface area contributed by atoms with Crippen LogP contribution in [0.5, 0.6) is 0 Å². The van der Waals surface area contributed by atoms with E-state index < -0.39 is 0 Å². The largest absolute Gasteiger partial charge is 0.466 e. The van der Waals surface area contributed by atoms with Crippen LogP contribution < -0.4 is 0 Å². The van der Waals surface area contributed by atoms with E-state index in [2.05, 4.69) is 6.92 Å². The lowest BCUT2D eigenvalue weighted by Crippen LogP contribution is -2.09. The summed E-state index contributed by atoms with van der Waals surface area (Å²) in [5.74, 6) is -0.429. The number of hydrogen-bond donors (Lipinski definition) is 0. The highest BCUT2D eigenvalue weighted by Gasteiger charge is 2.06. The summed E-state index contributed by atoms with van der Waals surface area (Å²) >= 11 is 0. The number of unbranched alkanes of at least 4 members (excludes halogenated alkanes) is 4. The molecule has 4 heteroatoms. The Hall–Kier alpha value is -1.06. The number of hydrogen-bond acceptors (Lipinski definition) is 4. The van der Waals surface area contributed by atoms with Crippen molar-refractivity contribution in [3.05, 3.63) is 0 Å². The van der Waals surface area contributed by atoms with Crippen LogP contribution in [0.15, 0.2) is 0 Å². The molecule has 0 spiro atoms. The van der Waals surface area contributed by atoms with Crippen LogP contribution in [-0.2, 0) is 19.1 Å². The molecule has 112 valence electrons. The van der Waals surface area contributed by atoms with Crippen LogP contribution >= 0.6 is 0 Å². The number of carbonyl (C=O) groups is 2. The third-order valence-corrected chi connectivity index (χ3v) is 2.78. The van der Waals surface area contributed by atoms with Crippen molar-refractivity contribution in [3.8, 4) is 0 Å². The molecule has 0 aliphatic heterocycles. The summed E-state index contributed by atoms with van der Waals surface area (Å²) in [6, 6.07) is 0. The predicted octanol–water partition coefficient (Wildman–Crippen LogP) is 3.62. The molecule has 0 saturated carbocycles. The Kier molecular flexibility index (Phi) is 12.6. The lowest BCUT2D eigenvalue weighted by molar-refractivity contribution is -0.145. The molecule has 0 radical (unpaired) electrons. The highest BCUT2D eigenvalue weighted by Crippen LogP contribution is 2.03. The molecule has 0 aromatic rings. The Morgan fingerprint density at radius 2 is 1.21 bits per heavy atom. The summed E-state index contributed by atoms with van der Waals surface area (Å²) < 4.78 is 10.1. The first-order valence-corrected chi connectivity index (χ1v) is 7.52. The van der Waals surface area contributed by atoms with Gasteiger partial charge in [-0.05, 0) is 19.3 Å². The second-order valence-corrected chi connectivity index (χ2v) is 4.71. The molecule has 0 bridgehead atoms. The van der Waals surface area contributed by atoms with E-state index in [1.165, 1.54) is 12.8 Å². The van der Waals surface area contributed by atoms with Crippen molar-refractivity contribution < 1.29 is 19.1 Å². The highest BCUT2D eigenvalue weighted by molar-refractivity contribution is 5.72. The van der Waals surface area contributed by atoms with E-state index in [0.717, 1.165) is 25.7 Å². The average molecular weight is 272 g/mol. The Labute approximate surface area is 116 Å². The lowest BCUT2D eigenvalue weighted by Gasteiger charge is -2.05. The van der Waals surface area contributed by atoms with Crippen molar-refractivity contribution in [1.82, 2.24) is 0 Å². The van der Waals surface area contributed by atoms with Crippen molar-refractivity contribution in [3.63, 3.8) is 0 Å². The fourth-order valence-corrected chi connectivity index (χ4v) is 1.57. The van der Waals surface area contributed by atoms with E-state index in [1.807, 2.05) is 6.92 Å². The molecule has 0 heterocycles. The first kappa shape index (κ1) is 17.9.